The molecule has 0 N–H and O–H groups in total. The molecule has 98 heavy (non-hydrogen) atoms. The molecule has 2 aliphatic rings. The minimum absolute atomic E-state index is 0.0237. The van der Waals surface area contributed by atoms with Crippen LogP contribution in [0.3, 0.4) is 0 Å². The van der Waals surface area contributed by atoms with Gasteiger partial charge in [-0.3, -0.25) is 0 Å². The summed E-state index contributed by atoms with van der Waals surface area (Å²) in [7, 11) is 0. The topological polar surface area (TPSA) is 419 Å². The predicted molar refractivity (Wildman–Crippen MR) is 283 cm³/mol. The van der Waals surface area contributed by atoms with Crippen molar-refractivity contribution in [3.05, 3.63) is 176 Å². The average molecular weight is 1340 g/mol. The lowest BCUT2D eigenvalue weighted by atomic mass is 9.73. The Kier molecular flexibility index (Phi) is 19.7. The molecule has 4 aromatic carbocycles. The fourth-order valence-corrected chi connectivity index (χ4v) is 9.30. The molecule has 3 aromatic heterocycles. The molecule has 0 saturated heterocycles. The summed E-state index contributed by atoms with van der Waals surface area (Å²) in [5.74, 6) is -33.2. The summed E-state index contributed by atoms with van der Waals surface area (Å²) < 4.78 is 233. The Hall–Kier alpha value is -15.4. The molecule has 4 atom stereocenters. The van der Waals surface area contributed by atoms with Gasteiger partial charge < -0.3 is 0 Å². The van der Waals surface area contributed by atoms with E-state index in [1.165, 1.54) is 0 Å². The van der Waals surface area contributed by atoms with Gasteiger partial charge >= 0.3 is 0 Å². The Morgan fingerprint density at radius 1 is 0.347 bits per heavy atom. The number of aromatic nitrogens is 6. The number of halogens is 16. The Labute approximate surface area is 531 Å². The quantitative estimate of drug-likeness (QED) is 0.0522. The summed E-state index contributed by atoms with van der Waals surface area (Å²) in [4.78, 5) is 29.6. The third-order valence-corrected chi connectivity index (χ3v) is 13.7. The van der Waals surface area contributed by atoms with Gasteiger partial charge in [-0.05, 0) is 16.7 Å². The molecule has 468 valence electrons. The largest absolute Gasteiger partial charge is 0.262 e. The van der Waals surface area contributed by atoms with Gasteiger partial charge in [-0.1, -0.05) is 0 Å². The average Bonchev–Trinajstić information content (AvgIpc) is 1.49. The lowest BCUT2D eigenvalue weighted by molar-refractivity contribution is -0.0469. The summed E-state index contributed by atoms with van der Waals surface area (Å²) in [5.41, 5.74) is -21.0. The van der Waals surface area contributed by atoms with E-state index in [0.717, 1.165) is 48.6 Å². The second-order valence-electron chi connectivity index (χ2n) is 18.5. The highest BCUT2D eigenvalue weighted by Crippen LogP contribution is 2.58. The lowest BCUT2D eigenvalue weighted by Crippen LogP contribution is -2.52. The normalized spacial score (nSPS) is 17.6. The molecule has 0 bridgehead atoms. The van der Waals surface area contributed by atoms with Crippen molar-refractivity contribution in [3.63, 3.8) is 0 Å². The third-order valence-electron chi connectivity index (χ3n) is 13.7. The van der Waals surface area contributed by atoms with Gasteiger partial charge in [0.15, 0.2) is 116 Å². The highest BCUT2D eigenvalue weighted by molar-refractivity contribution is 6.18. The molecule has 0 radical (unpaired) electrons. The van der Waals surface area contributed by atoms with Crippen LogP contribution in [0.25, 0.3) is 65.2 Å². The van der Waals surface area contributed by atoms with Crippen molar-refractivity contribution in [3.8, 4) is 85.0 Å². The molecule has 0 amide bonds. The van der Waals surface area contributed by atoms with E-state index in [0.29, 0.717) is 0 Å². The fraction of sp³-hybridized carbons (Fsp3) is 0.100. The van der Waals surface area contributed by atoms with E-state index in [9.17, 15) is 86.0 Å². The van der Waals surface area contributed by atoms with Crippen molar-refractivity contribution >= 4 is 61.2 Å². The van der Waals surface area contributed by atoms with Crippen molar-refractivity contribution in [1.29, 1.82) is 73.7 Å². The monoisotopic (exact) mass is 1340 g/mol. The van der Waals surface area contributed by atoms with Crippen LogP contribution in [0.5, 0.6) is 0 Å². The van der Waals surface area contributed by atoms with Gasteiger partial charge in [0.1, 0.15) is 141 Å². The van der Waals surface area contributed by atoms with Crippen LogP contribution in [0.2, 0.25) is 0 Å². The fourth-order valence-electron chi connectivity index (χ4n) is 9.30. The van der Waals surface area contributed by atoms with Crippen LogP contribution in [0.1, 0.15) is 50.9 Å². The number of rotatable bonds is 3. The molecule has 4 unspecified atom stereocenters. The van der Waals surface area contributed by atoms with Gasteiger partial charge in [0.2, 0.25) is 5.70 Å². The SMILES string of the molecule is N#CC(C#N)=c1c(F)c(F)c(=C(C#N)C#N)c(F)c1F.N#Cc1nc2c3nc(C#N)c(C#N)nc3c3nc(C#N)c(C#N)nc3c2nc1C#N.[C-]#[N+]C(=C1C(=C(C#N)c2c(F)c(F)c([N+]#[C-])c(F)c2F)C1=C(C#N)C1C(F)C(F)C(C#N)C(F)C1F)c1c(F)c(F)c(C#N)c(F)c1F. The van der Waals surface area contributed by atoms with Gasteiger partial charge in [0.25, 0.3) is 5.69 Å². The van der Waals surface area contributed by atoms with E-state index >= 15 is 26.3 Å². The van der Waals surface area contributed by atoms with Crippen LogP contribution in [-0.2, 0) is 0 Å². The molecular weight excluding hydrogens is 1330 g/mol. The van der Waals surface area contributed by atoms with Crippen LogP contribution in [0.15, 0.2) is 22.3 Å². The molecule has 3 heterocycles. The minimum Gasteiger partial charge on any atom is -0.243 e. The van der Waals surface area contributed by atoms with Crippen LogP contribution in [0.4, 0.5) is 75.9 Å². The molecule has 7 aromatic rings. The Balaban J connectivity index is 0.000000229. The molecule has 38 heteroatoms. The zero-order valence-corrected chi connectivity index (χ0v) is 46.4. The standard InChI is InChI=1S/C30H6F12N6.C18N12.C12F4N4/c1-47-29(16-25(39)19(33)10(6-46)20(34)26(16)40)15-11(7(3-43)13-21(35)17(31)9(5-45)18(32)22(13)36)12(15)8(4-44)14-23(37)27(41)30(48-2)28(42)24(14)38;19-1-7-8(2-20)26-14-13(25-7)15-17(29-10(4-22)9(3-21)27-15)18-16(14)28-11(5-23)12(6-24)30-18;13-9-7(5(1-17)2-18)10(14)12(16)8(11(9)15)6(3-19)4-20/h9,13,17-18,21-22H;;. The molecule has 2 aliphatic carbocycles. The number of fused-ring (bicyclic) bond motifs is 6. The van der Waals surface area contributed by atoms with E-state index in [1.54, 1.807) is 36.4 Å². The first kappa shape index (κ1) is 70.0. The molecular formula is C60H6F16N22. The van der Waals surface area contributed by atoms with E-state index in [2.05, 4.69) is 39.6 Å². The smallest absolute Gasteiger partial charge is 0.243 e. The minimum atomic E-state index is -3.30. The summed E-state index contributed by atoms with van der Waals surface area (Å²) in [6.45, 7) is 14.2. The van der Waals surface area contributed by atoms with Crippen molar-refractivity contribution in [2.24, 2.45) is 11.8 Å². The van der Waals surface area contributed by atoms with E-state index in [1.807, 2.05) is 0 Å². The zero-order valence-electron chi connectivity index (χ0n) is 46.4. The van der Waals surface area contributed by atoms with Crippen molar-refractivity contribution in [2.45, 2.75) is 24.7 Å². The Morgan fingerprint density at radius 3 is 0.908 bits per heavy atom. The third kappa shape index (κ3) is 11.1. The molecule has 9 rings (SSSR count). The van der Waals surface area contributed by atoms with Gasteiger partial charge in [0.05, 0.1) is 58.3 Å². The second kappa shape index (κ2) is 27.6. The van der Waals surface area contributed by atoms with Crippen molar-refractivity contribution in [2.75, 3.05) is 0 Å². The molecule has 2 fully saturated rings. The number of alkyl halides is 4. The van der Waals surface area contributed by atoms with Gasteiger partial charge in [0, 0.05) is 5.57 Å². The first-order valence-corrected chi connectivity index (χ1v) is 24.9. The van der Waals surface area contributed by atoms with E-state index in [4.69, 9.17) is 44.7 Å². The van der Waals surface area contributed by atoms with E-state index < -0.39 is 184 Å². The van der Waals surface area contributed by atoms with Crippen molar-refractivity contribution < 1.29 is 70.2 Å². The molecule has 0 aliphatic heterocycles. The zero-order chi connectivity index (χ0) is 73.0. The van der Waals surface area contributed by atoms with Crippen LogP contribution in [-0.4, -0.2) is 54.6 Å². The maximum atomic E-state index is 15.3. The summed E-state index contributed by atoms with van der Waals surface area (Å²) in [6.07, 6.45) is -12.9. The summed E-state index contributed by atoms with van der Waals surface area (Å²) in [5, 5.41) is 124. The second-order valence-corrected chi connectivity index (χ2v) is 18.5. The maximum Gasteiger partial charge on any atom is 0.262 e. The highest BCUT2D eigenvalue weighted by atomic mass is 19.2. The first-order valence-electron chi connectivity index (χ1n) is 24.9. The summed E-state index contributed by atoms with van der Waals surface area (Å²) in [6, 6.07) is 18.7. The number of hydrogen-bond donors (Lipinski definition) is 0. The van der Waals surface area contributed by atoms with Crippen LogP contribution in [0, 0.1) is 253 Å². The van der Waals surface area contributed by atoms with Crippen molar-refractivity contribution in [1.82, 2.24) is 29.9 Å². The van der Waals surface area contributed by atoms with Gasteiger partial charge in [-0.25, -0.2) is 110 Å². The molecule has 0 spiro atoms. The Morgan fingerprint density at radius 2 is 0.663 bits per heavy atom. The number of nitrogens with zero attached hydrogens (tertiary/aromatic N) is 22. The molecule has 2 saturated carbocycles. The predicted octanol–water partition coefficient (Wildman–Crippen LogP) is 9.17. The maximum absolute atomic E-state index is 15.3. The molecule has 22 nitrogen and oxygen atoms in total. The number of benzene rings is 4. The van der Waals surface area contributed by atoms with Gasteiger partial charge in [-0.2, -0.15) is 73.7 Å². The van der Waals surface area contributed by atoms with Gasteiger partial charge in [-0.15, -0.1) is 0 Å². The first-order chi connectivity index (χ1) is 46.6. The van der Waals surface area contributed by atoms with E-state index in [-0.39, 0.29) is 67.3 Å². The van der Waals surface area contributed by atoms with Crippen LogP contribution >= 0.6 is 0 Å². The summed E-state index contributed by atoms with van der Waals surface area (Å²) >= 11 is 0. The lowest BCUT2D eigenvalue weighted by Gasteiger charge is -2.36. The van der Waals surface area contributed by atoms with Crippen LogP contribution < -0.4 is 10.4 Å². The Bertz CT molecular complexity index is 5200. The highest BCUT2D eigenvalue weighted by Gasteiger charge is 2.57. The number of allylic oxidation sites excluding steroid dienone is 5. The number of hydrogen-bond acceptors (Lipinski definition) is 20. The number of nitriles is 14.